The quantitative estimate of drug-likeness (QED) is 0.141. The van der Waals surface area contributed by atoms with Gasteiger partial charge in [0.05, 0.1) is 22.7 Å². The lowest BCUT2D eigenvalue weighted by atomic mass is 10.1. The van der Waals surface area contributed by atoms with Crippen molar-refractivity contribution in [3.05, 3.63) is 62.9 Å². The van der Waals surface area contributed by atoms with Crippen molar-refractivity contribution in [1.82, 2.24) is 10.9 Å². The Morgan fingerprint density at radius 2 is 1.51 bits per heavy atom. The molecule has 0 aromatic heterocycles. The van der Waals surface area contributed by atoms with E-state index in [1.54, 1.807) is 31.2 Å². The number of hydrazine groups is 1. The fourth-order valence-electron chi connectivity index (χ4n) is 3.61. The highest BCUT2D eigenvalue weighted by Gasteiger charge is 2.41. The Bertz CT molecular complexity index is 1400. The van der Waals surface area contributed by atoms with Crippen molar-refractivity contribution in [3.63, 3.8) is 0 Å². The molecule has 236 valence electrons. The van der Waals surface area contributed by atoms with E-state index in [0.717, 1.165) is 0 Å². The van der Waals surface area contributed by atoms with Gasteiger partial charge < -0.3 is 14.2 Å². The summed E-state index contributed by atoms with van der Waals surface area (Å²) in [5.41, 5.74) is 6.84. The Labute approximate surface area is 269 Å². The average molecular weight is 666 g/mol. The van der Waals surface area contributed by atoms with Crippen LogP contribution in [-0.2, 0) is 9.22 Å². The summed E-state index contributed by atoms with van der Waals surface area (Å²) in [4.78, 5) is 30.0. The first kappa shape index (κ1) is 36.6. The van der Waals surface area contributed by atoms with Gasteiger partial charge in [0.25, 0.3) is 20.1 Å². The van der Waals surface area contributed by atoms with E-state index in [4.69, 9.17) is 38.6 Å². The fraction of sp³-hybridized carbons (Fsp3) is 0.516. The molecule has 0 saturated heterocycles. The highest BCUT2D eigenvalue weighted by molar-refractivity contribution is 6.75. The van der Waals surface area contributed by atoms with E-state index in [1.807, 2.05) is 6.92 Å². The summed E-state index contributed by atoms with van der Waals surface area (Å²) in [6.45, 7) is 32.1. The molecular weight excluding hydrogens is 619 g/mol. The van der Waals surface area contributed by atoms with Gasteiger partial charge in [-0.15, -0.1) is 0 Å². The third-order valence-electron chi connectivity index (χ3n) is 8.50. The average Bonchev–Trinajstić information content (AvgIpc) is 2.87. The Hall–Kier alpha value is -2.56. The number of amides is 2. The zero-order valence-electron chi connectivity index (χ0n) is 27.4. The van der Waals surface area contributed by atoms with Crippen LogP contribution in [0.15, 0.2) is 30.3 Å². The predicted molar refractivity (Wildman–Crippen MR) is 182 cm³/mol. The number of nitrogens with one attached hydrogen (secondary N) is 3. The van der Waals surface area contributed by atoms with Gasteiger partial charge in [-0.2, -0.15) is 0 Å². The van der Waals surface area contributed by atoms with Crippen LogP contribution in [0.4, 0.5) is 11.4 Å². The number of carbonyl (C=O) groups is 2. The first-order valence-corrected chi connectivity index (χ1v) is 20.8. The maximum absolute atomic E-state index is 13.6. The van der Waals surface area contributed by atoms with Crippen LogP contribution in [0, 0.1) is 13.5 Å². The molecule has 0 bridgehead atoms. The van der Waals surface area contributed by atoms with E-state index < -0.39 is 40.6 Å². The number of benzene rings is 2. The number of hydrogen-bond donors (Lipinski definition) is 3. The van der Waals surface area contributed by atoms with Gasteiger partial charge in [0, 0.05) is 11.3 Å². The lowest BCUT2D eigenvalue weighted by Gasteiger charge is -2.40. The molecule has 0 aliphatic heterocycles. The van der Waals surface area contributed by atoms with E-state index in [1.165, 1.54) is 6.07 Å². The van der Waals surface area contributed by atoms with Crippen LogP contribution in [0.1, 0.15) is 64.4 Å². The number of rotatable bonds is 9. The maximum Gasteiger partial charge on any atom is 0.269 e. The molecule has 2 rings (SSSR count). The molecule has 3 N–H and O–H groups in total. The van der Waals surface area contributed by atoms with Crippen molar-refractivity contribution in [2.24, 2.45) is 0 Å². The second-order valence-corrected chi connectivity index (χ2v) is 24.1. The molecule has 0 heterocycles. The van der Waals surface area contributed by atoms with Crippen molar-refractivity contribution in [1.29, 1.82) is 0 Å². The van der Waals surface area contributed by atoms with E-state index in [2.05, 4.69) is 88.7 Å². The third kappa shape index (κ3) is 8.99. The molecule has 2 aromatic rings. The molecule has 0 unspecified atom stereocenters. The fourth-order valence-corrected chi connectivity index (χ4v) is 6.55. The van der Waals surface area contributed by atoms with E-state index in [9.17, 15) is 9.59 Å². The van der Waals surface area contributed by atoms with Crippen molar-refractivity contribution in [2.45, 2.75) is 104 Å². The zero-order chi connectivity index (χ0) is 33.1. The molecule has 2 atom stereocenters. The number of nitrogens with zero attached hydrogens (tertiary/aromatic N) is 1. The van der Waals surface area contributed by atoms with Crippen LogP contribution in [0.2, 0.25) is 46.3 Å². The lowest BCUT2D eigenvalue weighted by molar-refractivity contribution is -0.124. The molecule has 2 aromatic carbocycles. The van der Waals surface area contributed by atoms with Crippen LogP contribution < -0.4 is 20.6 Å². The third-order valence-corrected chi connectivity index (χ3v) is 18.2. The molecule has 0 spiro atoms. The molecule has 8 nitrogen and oxygen atoms in total. The number of hydrogen-bond acceptors (Lipinski definition) is 5. The minimum absolute atomic E-state index is 0.0183. The molecule has 0 aliphatic rings. The Morgan fingerprint density at radius 3 is 2.02 bits per heavy atom. The van der Waals surface area contributed by atoms with Gasteiger partial charge in [0.15, 0.2) is 8.32 Å². The summed E-state index contributed by atoms with van der Waals surface area (Å²) < 4.78 is 12.9. The molecule has 0 saturated carbocycles. The first-order valence-electron chi connectivity index (χ1n) is 14.2. The van der Waals surface area contributed by atoms with Crippen molar-refractivity contribution >= 4 is 63.0 Å². The highest BCUT2D eigenvalue weighted by atomic mass is 35.5. The molecule has 0 aliphatic carbocycles. The van der Waals surface area contributed by atoms with Gasteiger partial charge in [0.2, 0.25) is 5.69 Å². The van der Waals surface area contributed by atoms with Crippen LogP contribution in [-0.4, -0.2) is 40.6 Å². The molecule has 43 heavy (non-hydrogen) atoms. The SMILES string of the molecule is [C-]#[N+]c1ccc(N[C@@H](C(=O)NNC(=O)c2ccc(O[Si](C)(C)C(C)(C)C)c(Cl)c2)[C@@H](C)O[Si](C)(C)C(C)(C)C)c(C)c1Cl. The zero-order valence-corrected chi connectivity index (χ0v) is 30.9. The summed E-state index contributed by atoms with van der Waals surface area (Å²) in [6, 6.07) is 7.23. The second kappa shape index (κ2) is 13.6. The van der Waals surface area contributed by atoms with Crippen LogP contribution in [0.3, 0.4) is 0 Å². The number of anilines is 1. The van der Waals surface area contributed by atoms with Gasteiger partial charge in [-0.3, -0.25) is 20.4 Å². The van der Waals surface area contributed by atoms with E-state index in [-0.39, 0.29) is 15.6 Å². The smallest absolute Gasteiger partial charge is 0.269 e. The number of carbonyl (C=O) groups excluding carboxylic acids is 2. The molecule has 12 heteroatoms. The van der Waals surface area contributed by atoms with Crippen molar-refractivity contribution in [3.8, 4) is 5.75 Å². The maximum atomic E-state index is 13.6. The Morgan fingerprint density at radius 1 is 0.930 bits per heavy atom. The van der Waals surface area contributed by atoms with Gasteiger partial charge in [0.1, 0.15) is 11.8 Å². The summed E-state index contributed by atoms with van der Waals surface area (Å²) in [5, 5.41) is 3.75. The Balaban J connectivity index is 2.28. The van der Waals surface area contributed by atoms with Gasteiger partial charge in [-0.1, -0.05) is 70.8 Å². The summed E-state index contributed by atoms with van der Waals surface area (Å²) in [6.07, 6.45) is -0.572. The van der Waals surface area contributed by atoms with Gasteiger partial charge in [-0.25, -0.2) is 4.85 Å². The topological polar surface area (TPSA) is 93.1 Å². The largest absolute Gasteiger partial charge is 0.543 e. The van der Waals surface area contributed by atoms with Crippen LogP contribution >= 0.6 is 23.2 Å². The molecule has 0 fully saturated rings. The lowest BCUT2D eigenvalue weighted by Crippen LogP contribution is -2.55. The van der Waals surface area contributed by atoms with Gasteiger partial charge >= 0.3 is 0 Å². The monoisotopic (exact) mass is 664 g/mol. The Kier molecular flexibility index (Phi) is 11.6. The predicted octanol–water partition coefficient (Wildman–Crippen LogP) is 8.89. The van der Waals surface area contributed by atoms with Crippen molar-refractivity contribution in [2.75, 3.05) is 5.32 Å². The van der Waals surface area contributed by atoms with Gasteiger partial charge in [-0.05, 0) is 79.9 Å². The van der Waals surface area contributed by atoms with Crippen LogP contribution in [0.25, 0.3) is 4.85 Å². The first-order chi connectivity index (χ1) is 19.5. The van der Waals surface area contributed by atoms with Crippen LogP contribution in [0.5, 0.6) is 5.75 Å². The van der Waals surface area contributed by atoms with Crippen molar-refractivity contribution < 1.29 is 18.4 Å². The minimum atomic E-state index is -2.27. The summed E-state index contributed by atoms with van der Waals surface area (Å²) in [5.74, 6) is -0.521. The number of halogens is 2. The van der Waals surface area contributed by atoms with E-state index >= 15 is 0 Å². The second-order valence-electron chi connectivity index (χ2n) is 13.8. The normalized spacial score (nSPS) is 13.9. The molecule has 2 amide bonds. The minimum Gasteiger partial charge on any atom is -0.543 e. The standard InChI is InChI=1S/C31H46Cl2N4O4Si2/c1-19-23(15-16-24(34-9)26(19)33)35-27(20(2)40-42(10,11)30(3,4)5)29(39)37-36-28(38)21-14-17-25(22(32)18-21)41-43(12,13)31(6,7)8/h14-18,20,27,35H,1-8,10-13H3,(H,36,38)(H,37,39)/t20-,27-/m1/s1. The summed E-state index contributed by atoms with van der Waals surface area (Å²) in [7, 11) is -4.40. The highest BCUT2D eigenvalue weighted by Crippen LogP contribution is 2.40. The molecule has 0 radical (unpaired) electrons. The summed E-state index contributed by atoms with van der Waals surface area (Å²) >= 11 is 12.9. The van der Waals surface area contributed by atoms with E-state index in [0.29, 0.717) is 32.7 Å². The molecular formula is C31H46Cl2N4O4Si2.